The molecule has 4 atom stereocenters. The molecule has 228 valence electrons. The van der Waals surface area contributed by atoms with Crippen molar-refractivity contribution in [2.24, 2.45) is 0 Å². The van der Waals surface area contributed by atoms with Crippen LogP contribution < -0.4 is 0 Å². The monoisotopic (exact) mass is 568 g/mol. The van der Waals surface area contributed by atoms with E-state index in [0.29, 0.717) is 6.61 Å². The molecule has 2 aliphatic heterocycles. The summed E-state index contributed by atoms with van der Waals surface area (Å²) in [6.07, 6.45) is 2.97. The van der Waals surface area contributed by atoms with Crippen LogP contribution in [-0.2, 0) is 33.2 Å². The largest absolute Gasteiger partial charge is 0.454 e. The van der Waals surface area contributed by atoms with E-state index in [0.717, 1.165) is 12.8 Å². The molecule has 2 aliphatic rings. The second-order valence-electron chi connectivity index (χ2n) is 12.0. The Hall–Kier alpha value is -2.63. The minimum absolute atomic E-state index is 0.0580. The van der Waals surface area contributed by atoms with Crippen molar-refractivity contribution in [1.82, 2.24) is 9.80 Å². The smallest absolute Gasteiger partial charge is 0.415 e. The predicted octanol–water partition coefficient (Wildman–Crippen LogP) is 4.79. The molecule has 2 fully saturated rings. The van der Waals surface area contributed by atoms with E-state index in [-0.39, 0.29) is 37.5 Å². The molecule has 0 aromatic carbocycles. The summed E-state index contributed by atoms with van der Waals surface area (Å²) in [5.41, 5.74) is -1.80. The maximum absolute atomic E-state index is 13.2. The zero-order valence-electron chi connectivity index (χ0n) is 25.5. The molecule has 0 saturated carbocycles. The van der Waals surface area contributed by atoms with Gasteiger partial charge in [-0.1, -0.05) is 6.08 Å². The summed E-state index contributed by atoms with van der Waals surface area (Å²) >= 11 is 0. The Balaban J connectivity index is 2.25. The highest BCUT2D eigenvalue weighted by molar-refractivity contribution is 5.72. The van der Waals surface area contributed by atoms with Gasteiger partial charge in [0.15, 0.2) is 0 Å². The number of rotatable bonds is 10. The first-order valence-corrected chi connectivity index (χ1v) is 13.9. The van der Waals surface area contributed by atoms with Crippen LogP contribution in [0.2, 0.25) is 0 Å². The van der Waals surface area contributed by atoms with Crippen LogP contribution in [0.25, 0.3) is 0 Å². The second-order valence-corrected chi connectivity index (χ2v) is 12.0. The molecule has 0 spiro atoms. The maximum Gasteiger partial charge on any atom is 0.415 e. The zero-order valence-corrected chi connectivity index (χ0v) is 25.5. The van der Waals surface area contributed by atoms with E-state index in [2.05, 4.69) is 6.58 Å². The van der Waals surface area contributed by atoms with Gasteiger partial charge in [-0.2, -0.15) is 0 Å². The van der Waals surface area contributed by atoms with E-state index >= 15 is 0 Å². The molecule has 0 N–H and O–H groups in total. The lowest BCUT2D eigenvalue weighted by Gasteiger charge is -2.36. The normalized spacial score (nSPS) is 23.8. The first-order chi connectivity index (χ1) is 18.6. The van der Waals surface area contributed by atoms with Gasteiger partial charge in [0.05, 0.1) is 19.0 Å². The van der Waals surface area contributed by atoms with Crippen LogP contribution in [0, 0.1) is 0 Å². The molecular formula is C29H48N2O9. The number of ether oxygens (including phenoxy) is 6. The Morgan fingerprint density at radius 3 is 2.38 bits per heavy atom. The van der Waals surface area contributed by atoms with Crippen LogP contribution in [0.3, 0.4) is 0 Å². The average molecular weight is 569 g/mol. The quantitative estimate of drug-likeness (QED) is 0.159. The highest BCUT2D eigenvalue weighted by Crippen LogP contribution is 2.32. The van der Waals surface area contributed by atoms with Crippen molar-refractivity contribution in [3.63, 3.8) is 0 Å². The fraction of sp³-hybridized carbons (Fsp3) is 0.759. The van der Waals surface area contributed by atoms with E-state index < -0.39 is 41.6 Å². The van der Waals surface area contributed by atoms with Crippen LogP contribution >= 0.6 is 0 Å². The van der Waals surface area contributed by atoms with E-state index in [1.165, 1.54) is 17.2 Å². The Labute approximate surface area is 238 Å². The van der Waals surface area contributed by atoms with Gasteiger partial charge in [0, 0.05) is 18.7 Å². The third-order valence-electron chi connectivity index (χ3n) is 6.47. The third kappa shape index (κ3) is 9.49. The summed E-state index contributed by atoms with van der Waals surface area (Å²) < 4.78 is 34.1. The average Bonchev–Trinajstić information content (AvgIpc) is 3.15. The van der Waals surface area contributed by atoms with Crippen molar-refractivity contribution < 1.29 is 42.8 Å². The topological polar surface area (TPSA) is 113 Å². The third-order valence-corrected chi connectivity index (χ3v) is 6.47. The summed E-state index contributed by atoms with van der Waals surface area (Å²) in [6.45, 7) is 20.4. The molecule has 0 radical (unpaired) electrons. The number of nitrogens with zero attached hydrogens (tertiary/aromatic N) is 2. The maximum atomic E-state index is 13.2. The summed E-state index contributed by atoms with van der Waals surface area (Å²) in [7, 11) is 0. The van der Waals surface area contributed by atoms with Gasteiger partial charge < -0.3 is 33.3 Å². The summed E-state index contributed by atoms with van der Waals surface area (Å²) in [5, 5.41) is 0. The van der Waals surface area contributed by atoms with Gasteiger partial charge in [0.25, 0.3) is 0 Å². The molecule has 11 heteroatoms. The lowest BCUT2D eigenvalue weighted by atomic mass is 10.1. The van der Waals surface area contributed by atoms with Crippen LogP contribution in [0.15, 0.2) is 25.0 Å². The summed E-state index contributed by atoms with van der Waals surface area (Å²) in [6, 6.07) is -0.919. The van der Waals surface area contributed by atoms with Crippen LogP contribution in [0.5, 0.6) is 0 Å². The van der Waals surface area contributed by atoms with Crippen LogP contribution in [0.4, 0.5) is 9.59 Å². The number of esters is 1. The minimum atomic E-state index is -1.04. The van der Waals surface area contributed by atoms with E-state index in [1.807, 2.05) is 27.7 Å². The van der Waals surface area contributed by atoms with Gasteiger partial charge in [0.1, 0.15) is 36.2 Å². The highest BCUT2D eigenvalue weighted by Gasteiger charge is 2.49. The molecule has 0 aromatic rings. The van der Waals surface area contributed by atoms with Crippen molar-refractivity contribution in [3.05, 3.63) is 25.0 Å². The van der Waals surface area contributed by atoms with Crippen molar-refractivity contribution in [2.75, 3.05) is 19.8 Å². The first-order valence-electron chi connectivity index (χ1n) is 13.9. The van der Waals surface area contributed by atoms with Crippen molar-refractivity contribution in [1.29, 1.82) is 0 Å². The van der Waals surface area contributed by atoms with Crippen molar-refractivity contribution in [2.45, 2.75) is 123 Å². The van der Waals surface area contributed by atoms with Gasteiger partial charge >= 0.3 is 18.2 Å². The van der Waals surface area contributed by atoms with Crippen LogP contribution in [0.1, 0.15) is 75.2 Å². The molecule has 0 bridgehead atoms. The summed E-state index contributed by atoms with van der Waals surface area (Å²) in [5.74, 6) is -0.658. The Morgan fingerprint density at radius 2 is 1.80 bits per heavy atom. The number of hydrogen-bond acceptors (Lipinski definition) is 9. The molecule has 0 aliphatic carbocycles. The molecule has 2 amide bonds. The molecular weight excluding hydrogens is 520 g/mol. The first kappa shape index (κ1) is 33.6. The Kier molecular flexibility index (Phi) is 12.0. The molecule has 0 aromatic heterocycles. The highest BCUT2D eigenvalue weighted by atomic mass is 16.6. The zero-order chi connectivity index (χ0) is 30.3. The standard InChI is InChI=1S/C29H48N2O9/c1-11-22-24(13-12-15-35-22)37-18-25(32)39-23(14-16-36-26(33)30(19(2)3)20(4)5)21-17-38-29(9,10)31(21)27(34)40-28(6,7)8/h11,14,16,19-24H,1,12-13,15,17-18H2,2-10H3/b16-14-/t21-,22+,23+,24-/m0/s1. The summed E-state index contributed by atoms with van der Waals surface area (Å²) in [4.78, 5) is 41.9. The van der Waals surface area contributed by atoms with E-state index in [1.54, 1.807) is 45.6 Å². The molecule has 11 nitrogen and oxygen atoms in total. The fourth-order valence-corrected chi connectivity index (χ4v) is 4.78. The molecule has 2 rings (SSSR count). The molecule has 2 saturated heterocycles. The Morgan fingerprint density at radius 1 is 1.15 bits per heavy atom. The van der Waals surface area contributed by atoms with E-state index in [4.69, 9.17) is 28.4 Å². The number of carbonyl (C=O) groups is 3. The van der Waals surface area contributed by atoms with Gasteiger partial charge in [-0.3, -0.25) is 4.90 Å². The lowest BCUT2D eigenvalue weighted by molar-refractivity contribution is -0.162. The lowest BCUT2D eigenvalue weighted by Crippen LogP contribution is -2.53. The predicted molar refractivity (Wildman–Crippen MR) is 148 cm³/mol. The number of hydrogen-bond donors (Lipinski definition) is 0. The van der Waals surface area contributed by atoms with Gasteiger partial charge in [-0.05, 0) is 81.2 Å². The molecule has 0 unspecified atom stereocenters. The molecule has 2 heterocycles. The number of carbonyl (C=O) groups excluding carboxylic acids is 3. The van der Waals surface area contributed by atoms with Crippen molar-refractivity contribution >= 4 is 18.2 Å². The molecule has 40 heavy (non-hydrogen) atoms. The Bertz CT molecular complexity index is 902. The minimum Gasteiger partial charge on any atom is -0.454 e. The second kappa shape index (κ2) is 14.3. The number of amides is 2. The van der Waals surface area contributed by atoms with Gasteiger partial charge in [-0.25, -0.2) is 14.4 Å². The van der Waals surface area contributed by atoms with E-state index in [9.17, 15) is 14.4 Å². The van der Waals surface area contributed by atoms with Gasteiger partial charge in [0.2, 0.25) is 0 Å². The van der Waals surface area contributed by atoms with Crippen molar-refractivity contribution in [3.8, 4) is 0 Å². The SMILES string of the molecule is C=C[C@H]1OCCC[C@@H]1OCC(=O)O[C@H](/C=C\OC(=O)N(C(C)C)C(C)C)[C@@H]1COC(C)(C)N1C(=O)OC(C)(C)C. The van der Waals surface area contributed by atoms with Gasteiger partial charge in [-0.15, -0.1) is 6.58 Å². The fourth-order valence-electron chi connectivity index (χ4n) is 4.78. The van der Waals surface area contributed by atoms with Crippen LogP contribution in [-0.4, -0.2) is 95.5 Å².